The van der Waals surface area contributed by atoms with Crippen molar-refractivity contribution in [1.82, 2.24) is 19.6 Å². The molecule has 4 nitrogen and oxygen atoms in total. The number of piperazine rings is 1. The van der Waals surface area contributed by atoms with Gasteiger partial charge in [-0.3, -0.25) is 19.6 Å². The summed E-state index contributed by atoms with van der Waals surface area (Å²) in [6.45, 7) is 51.8. The average molecular weight is 597 g/mol. The van der Waals surface area contributed by atoms with Gasteiger partial charge in [-0.15, -0.1) is 0 Å². The van der Waals surface area contributed by atoms with E-state index in [1.807, 2.05) is 0 Å². The van der Waals surface area contributed by atoms with E-state index in [2.05, 4.69) is 144 Å². The Labute approximate surface area is 268 Å². The fraction of sp³-hybridized carbons (Fsp3) is 1.00. The Hall–Kier alpha value is -0.160. The lowest BCUT2D eigenvalue weighted by Crippen LogP contribution is -2.59. The highest BCUT2D eigenvalue weighted by atomic mass is 15.3. The van der Waals surface area contributed by atoms with Gasteiger partial charge in [0.05, 0.1) is 0 Å². The number of likely N-dealkylation sites (tertiary alicyclic amines) is 2. The predicted octanol–water partition coefficient (Wildman–Crippen LogP) is 9.78. The maximum absolute atomic E-state index is 2.62. The van der Waals surface area contributed by atoms with Crippen molar-refractivity contribution in [2.75, 3.05) is 52.4 Å². The molecule has 0 bridgehead atoms. The van der Waals surface area contributed by atoms with Gasteiger partial charge >= 0.3 is 0 Å². The molecule has 0 atom stereocenters. The lowest BCUT2D eigenvalue weighted by Gasteiger charge is -2.52. The van der Waals surface area contributed by atoms with Crippen LogP contribution >= 0.6 is 0 Å². The third kappa shape index (κ3) is 14.7. The van der Waals surface area contributed by atoms with E-state index in [9.17, 15) is 0 Å². The molecule has 0 aliphatic carbocycles. The summed E-state index contributed by atoms with van der Waals surface area (Å²) in [6, 6.07) is 0. The molecular weight excluding hydrogens is 512 g/mol. The minimum Gasteiger partial charge on any atom is -0.298 e. The first-order valence-electron chi connectivity index (χ1n) is 16.6. The first kappa shape index (κ1) is 44.0. The summed E-state index contributed by atoms with van der Waals surface area (Å²) in [7, 11) is 0. The molecule has 256 valence electrons. The Morgan fingerprint density at radius 1 is 0.333 bits per heavy atom. The van der Waals surface area contributed by atoms with Gasteiger partial charge in [0.15, 0.2) is 0 Å². The Morgan fingerprint density at radius 2 is 0.571 bits per heavy atom. The van der Waals surface area contributed by atoms with E-state index >= 15 is 0 Å². The van der Waals surface area contributed by atoms with Gasteiger partial charge in [-0.1, -0.05) is 56.4 Å². The van der Waals surface area contributed by atoms with Crippen LogP contribution in [0.3, 0.4) is 0 Å². The Morgan fingerprint density at radius 3 is 0.786 bits per heavy atom. The number of hydrogen-bond acceptors (Lipinski definition) is 4. The molecule has 3 fully saturated rings. The molecule has 3 saturated heterocycles. The van der Waals surface area contributed by atoms with Gasteiger partial charge in [-0.2, -0.15) is 0 Å². The molecule has 0 amide bonds. The van der Waals surface area contributed by atoms with Crippen LogP contribution < -0.4 is 0 Å². The largest absolute Gasteiger partial charge is 0.298 e. The molecule has 42 heavy (non-hydrogen) atoms. The number of nitrogens with zero attached hydrogens (tertiary/aromatic N) is 4. The molecule has 0 spiro atoms. The van der Waals surface area contributed by atoms with Gasteiger partial charge in [-0.25, -0.2) is 0 Å². The monoisotopic (exact) mass is 597 g/mol. The second-order valence-corrected chi connectivity index (χ2v) is 19.3. The molecule has 0 N–H and O–H groups in total. The normalized spacial score (nSPS) is 21.6. The van der Waals surface area contributed by atoms with Gasteiger partial charge in [-0.05, 0) is 132 Å². The molecule has 0 aromatic carbocycles. The van der Waals surface area contributed by atoms with Crippen LogP contribution in [0.4, 0.5) is 0 Å². The van der Waals surface area contributed by atoms with Crippen molar-refractivity contribution in [3.05, 3.63) is 0 Å². The minimum absolute atomic E-state index is 0. The summed E-state index contributed by atoms with van der Waals surface area (Å²) < 4.78 is 0. The van der Waals surface area contributed by atoms with Crippen LogP contribution in [0.1, 0.15) is 152 Å². The van der Waals surface area contributed by atoms with Gasteiger partial charge in [0.2, 0.25) is 0 Å². The minimum atomic E-state index is 0. The maximum Gasteiger partial charge on any atom is 0.0126 e. The standard InChI is InChI=1S/C13H27N.C12H26N2.C11H23N.2CH4/c1-12(2,3)11-7-9-14(10-8-11)13(4,5)6;1-11(2,3)13-7-9-14(10-8-13)12(4,5)6;1-10(2,3)9-7-12(8-9)11(4,5)6;;/h11H,7-10H2,1-6H3;7-10H2,1-6H3;9H,7-8H2,1-6H3;2*1H4. The van der Waals surface area contributed by atoms with Crippen molar-refractivity contribution in [1.29, 1.82) is 0 Å². The maximum atomic E-state index is 2.62. The summed E-state index contributed by atoms with van der Waals surface area (Å²) in [5.74, 6) is 1.82. The van der Waals surface area contributed by atoms with Crippen LogP contribution in [-0.4, -0.2) is 94.1 Å². The quantitative estimate of drug-likeness (QED) is 0.276. The van der Waals surface area contributed by atoms with Crippen LogP contribution in [-0.2, 0) is 0 Å². The SMILES string of the molecule is C.C.CC(C)(C)C1CCN(C(C)(C)C)CC1.CC(C)(C)C1CN(C(C)(C)C)C1.CC(C)(C)N1CCN(C(C)(C)C)CC1. The molecule has 0 aromatic heterocycles. The summed E-state index contributed by atoms with van der Waals surface area (Å²) in [4.78, 5) is 10.3. The van der Waals surface area contributed by atoms with E-state index < -0.39 is 0 Å². The smallest absolute Gasteiger partial charge is 0.0126 e. The van der Waals surface area contributed by atoms with Gasteiger partial charge < -0.3 is 0 Å². The van der Waals surface area contributed by atoms with Crippen molar-refractivity contribution < 1.29 is 0 Å². The first-order chi connectivity index (χ1) is 17.6. The summed E-state index contributed by atoms with van der Waals surface area (Å²) in [6.07, 6.45) is 2.75. The van der Waals surface area contributed by atoms with Crippen molar-refractivity contribution in [2.45, 2.75) is 174 Å². The lowest BCUT2D eigenvalue weighted by atomic mass is 9.74. The summed E-state index contributed by atoms with van der Waals surface area (Å²) in [5.41, 5.74) is 2.42. The second-order valence-electron chi connectivity index (χ2n) is 19.3. The van der Waals surface area contributed by atoms with Crippen molar-refractivity contribution in [3.63, 3.8) is 0 Å². The molecule has 4 heteroatoms. The van der Waals surface area contributed by atoms with Gasteiger partial charge in [0.25, 0.3) is 0 Å². The lowest BCUT2D eigenvalue weighted by molar-refractivity contribution is -0.0345. The van der Waals surface area contributed by atoms with E-state index in [1.54, 1.807) is 0 Å². The van der Waals surface area contributed by atoms with Crippen molar-refractivity contribution in [2.24, 2.45) is 22.7 Å². The zero-order chi connectivity index (χ0) is 31.5. The average Bonchev–Trinajstić information content (AvgIpc) is 2.69. The van der Waals surface area contributed by atoms with Gasteiger partial charge in [0, 0.05) is 61.4 Å². The summed E-state index contributed by atoms with van der Waals surface area (Å²) >= 11 is 0. The fourth-order valence-electron chi connectivity index (χ4n) is 6.04. The third-order valence-electron chi connectivity index (χ3n) is 9.90. The Balaban J connectivity index is 0. The van der Waals surface area contributed by atoms with Crippen LogP contribution in [0.5, 0.6) is 0 Å². The van der Waals surface area contributed by atoms with Crippen molar-refractivity contribution in [3.8, 4) is 0 Å². The molecule has 0 unspecified atom stereocenters. The van der Waals surface area contributed by atoms with Crippen LogP contribution in [0.15, 0.2) is 0 Å². The summed E-state index contributed by atoms with van der Waals surface area (Å²) in [5, 5.41) is 0. The zero-order valence-corrected chi connectivity index (χ0v) is 31.0. The fourth-order valence-corrected chi connectivity index (χ4v) is 6.04. The molecular formula is C38H84N4. The van der Waals surface area contributed by atoms with Crippen molar-refractivity contribution >= 4 is 0 Å². The number of piperidine rings is 1. The van der Waals surface area contributed by atoms with E-state index in [0.717, 1.165) is 11.8 Å². The third-order valence-corrected chi connectivity index (χ3v) is 9.90. The van der Waals surface area contributed by atoms with E-state index in [0.29, 0.717) is 33.0 Å². The highest BCUT2D eigenvalue weighted by Gasteiger charge is 2.40. The van der Waals surface area contributed by atoms with E-state index in [1.165, 1.54) is 65.2 Å². The van der Waals surface area contributed by atoms with E-state index in [4.69, 9.17) is 0 Å². The molecule has 0 saturated carbocycles. The van der Waals surface area contributed by atoms with Crippen LogP contribution in [0, 0.1) is 22.7 Å². The number of hydrogen-bond donors (Lipinski definition) is 0. The van der Waals surface area contributed by atoms with Crippen LogP contribution in [0.2, 0.25) is 0 Å². The predicted molar refractivity (Wildman–Crippen MR) is 194 cm³/mol. The zero-order valence-electron chi connectivity index (χ0n) is 31.0. The molecule has 3 rings (SSSR count). The molecule has 3 heterocycles. The topological polar surface area (TPSA) is 13.0 Å². The Kier molecular flexibility index (Phi) is 16.6. The highest BCUT2D eigenvalue weighted by molar-refractivity contribution is 4.93. The van der Waals surface area contributed by atoms with Crippen LogP contribution in [0.25, 0.3) is 0 Å². The first-order valence-corrected chi connectivity index (χ1v) is 16.6. The van der Waals surface area contributed by atoms with E-state index in [-0.39, 0.29) is 14.9 Å². The second kappa shape index (κ2) is 15.9. The molecule has 0 radical (unpaired) electrons. The molecule has 3 aliphatic rings. The highest BCUT2D eigenvalue weighted by Crippen LogP contribution is 2.37. The molecule has 0 aromatic rings. The van der Waals surface area contributed by atoms with Gasteiger partial charge in [0.1, 0.15) is 0 Å². The Bertz CT molecular complexity index is 602. The number of rotatable bonds is 0. The molecule has 3 aliphatic heterocycles.